The Balaban J connectivity index is 2.20. The highest BCUT2D eigenvalue weighted by Crippen LogP contribution is 2.33. The molecule has 0 aromatic carbocycles. The van der Waals surface area contributed by atoms with Gasteiger partial charge in [-0.05, 0) is 37.7 Å². The summed E-state index contributed by atoms with van der Waals surface area (Å²) in [6.07, 6.45) is 6.51. The lowest BCUT2D eigenvalue weighted by Crippen LogP contribution is -2.13. The van der Waals surface area contributed by atoms with Crippen LogP contribution in [0.1, 0.15) is 54.2 Å². The Kier molecular flexibility index (Phi) is 3.63. The summed E-state index contributed by atoms with van der Waals surface area (Å²) in [5.74, 6) is 0.609. The number of nitrogens with zero attached hydrogens (tertiary/aromatic N) is 1. The second-order valence-corrected chi connectivity index (χ2v) is 6.68. The third-order valence-electron chi connectivity index (χ3n) is 3.75. The van der Waals surface area contributed by atoms with Gasteiger partial charge in [0.25, 0.3) is 5.56 Å². The minimum Gasteiger partial charge on any atom is -0.309 e. The van der Waals surface area contributed by atoms with Gasteiger partial charge in [-0.2, -0.15) is 0 Å². The quantitative estimate of drug-likeness (QED) is 0.674. The van der Waals surface area contributed by atoms with Gasteiger partial charge in [-0.15, -0.1) is 22.9 Å². The van der Waals surface area contributed by atoms with Gasteiger partial charge in [0.2, 0.25) is 0 Å². The zero-order valence-electron chi connectivity index (χ0n) is 11.0. The van der Waals surface area contributed by atoms with Crippen LogP contribution >= 0.6 is 22.9 Å². The highest BCUT2D eigenvalue weighted by molar-refractivity contribution is 7.18. The molecule has 1 N–H and O–H groups in total. The number of rotatable bonds is 2. The minimum absolute atomic E-state index is 0.0153. The summed E-state index contributed by atoms with van der Waals surface area (Å²) in [6, 6.07) is 0. The van der Waals surface area contributed by atoms with Crippen molar-refractivity contribution in [3.63, 3.8) is 0 Å². The lowest BCUT2D eigenvalue weighted by molar-refractivity contribution is 0.713. The number of H-pyrrole nitrogens is 1. The Morgan fingerprint density at radius 3 is 2.95 bits per heavy atom. The van der Waals surface area contributed by atoms with Gasteiger partial charge >= 0.3 is 0 Å². The molecule has 1 atom stereocenters. The Bertz CT molecular complexity index is 661. The fourth-order valence-electron chi connectivity index (χ4n) is 2.70. The zero-order valence-corrected chi connectivity index (χ0v) is 12.5. The molecule has 0 radical (unpaired) electrons. The normalized spacial score (nSPS) is 17.2. The molecule has 3 nitrogen and oxygen atoms in total. The van der Waals surface area contributed by atoms with Crippen LogP contribution in [0.3, 0.4) is 0 Å². The summed E-state index contributed by atoms with van der Waals surface area (Å²) in [5.41, 5.74) is 1.22. The largest absolute Gasteiger partial charge is 0.309 e. The van der Waals surface area contributed by atoms with Gasteiger partial charge < -0.3 is 4.98 Å². The molecular formula is C14H17ClN2OS. The summed E-state index contributed by atoms with van der Waals surface area (Å²) in [7, 11) is 0. The summed E-state index contributed by atoms with van der Waals surface area (Å²) < 4.78 is 0. The Morgan fingerprint density at radius 1 is 1.37 bits per heavy atom. The molecular weight excluding hydrogens is 280 g/mol. The van der Waals surface area contributed by atoms with E-state index in [1.807, 2.05) is 6.92 Å². The number of aromatic nitrogens is 2. The molecule has 0 fully saturated rings. The number of hydrogen-bond acceptors (Lipinski definition) is 3. The fourth-order valence-corrected chi connectivity index (χ4v) is 4.07. The van der Waals surface area contributed by atoms with Crippen molar-refractivity contribution in [1.29, 1.82) is 0 Å². The molecule has 0 bridgehead atoms. The fraction of sp³-hybridized carbons (Fsp3) is 0.571. The molecule has 1 aliphatic rings. The molecule has 3 rings (SSSR count). The average Bonchev–Trinajstić information content (AvgIpc) is 2.60. The first kappa shape index (κ1) is 13.1. The van der Waals surface area contributed by atoms with E-state index in [1.165, 1.54) is 29.7 Å². The third-order valence-corrected chi connectivity index (χ3v) is 5.45. The van der Waals surface area contributed by atoms with Crippen LogP contribution in [-0.4, -0.2) is 9.97 Å². The molecule has 1 aliphatic carbocycles. The maximum absolute atomic E-state index is 12.3. The maximum Gasteiger partial charge on any atom is 0.259 e. The van der Waals surface area contributed by atoms with Crippen molar-refractivity contribution in [1.82, 2.24) is 9.97 Å². The van der Waals surface area contributed by atoms with Crippen molar-refractivity contribution in [3.05, 3.63) is 26.6 Å². The first-order valence-electron chi connectivity index (χ1n) is 6.89. The molecule has 2 aromatic heterocycles. The van der Waals surface area contributed by atoms with Crippen LogP contribution in [0.25, 0.3) is 10.2 Å². The Morgan fingerprint density at radius 2 is 2.16 bits per heavy atom. The van der Waals surface area contributed by atoms with Gasteiger partial charge in [0.15, 0.2) is 0 Å². The molecule has 0 saturated heterocycles. The predicted molar refractivity (Wildman–Crippen MR) is 80.4 cm³/mol. The molecule has 2 aromatic rings. The van der Waals surface area contributed by atoms with Crippen LogP contribution in [0, 0.1) is 0 Å². The molecule has 19 heavy (non-hydrogen) atoms. The highest BCUT2D eigenvalue weighted by atomic mass is 35.5. The van der Waals surface area contributed by atoms with Crippen LogP contribution in [0.5, 0.6) is 0 Å². The molecule has 102 valence electrons. The minimum atomic E-state index is -0.209. The predicted octanol–water partition coefficient (Wildman–Crippen LogP) is 3.94. The van der Waals surface area contributed by atoms with E-state index in [-0.39, 0.29) is 10.9 Å². The van der Waals surface area contributed by atoms with E-state index in [2.05, 4.69) is 9.97 Å². The SMILES string of the molecule is CCC(Cl)c1nc2sc3c(c2c(=O)[nH]1)CCCCC3. The van der Waals surface area contributed by atoms with E-state index in [9.17, 15) is 4.79 Å². The van der Waals surface area contributed by atoms with Crippen LogP contribution in [0.15, 0.2) is 4.79 Å². The van der Waals surface area contributed by atoms with E-state index in [1.54, 1.807) is 11.3 Å². The van der Waals surface area contributed by atoms with Gasteiger partial charge in [-0.25, -0.2) is 4.98 Å². The second-order valence-electron chi connectivity index (χ2n) is 5.07. The van der Waals surface area contributed by atoms with Crippen molar-refractivity contribution < 1.29 is 0 Å². The molecule has 0 aliphatic heterocycles. The van der Waals surface area contributed by atoms with Gasteiger partial charge in [-0.1, -0.05) is 13.3 Å². The number of thiophene rings is 1. The smallest absolute Gasteiger partial charge is 0.259 e. The van der Waals surface area contributed by atoms with Crippen molar-refractivity contribution in [2.45, 2.75) is 50.8 Å². The third kappa shape index (κ3) is 2.32. The lowest BCUT2D eigenvalue weighted by Gasteiger charge is -2.05. The summed E-state index contributed by atoms with van der Waals surface area (Å²) >= 11 is 7.87. The highest BCUT2D eigenvalue weighted by Gasteiger charge is 2.20. The molecule has 2 heterocycles. The molecule has 0 saturated carbocycles. The topological polar surface area (TPSA) is 45.8 Å². The molecule has 0 spiro atoms. The molecule has 1 unspecified atom stereocenters. The van der Waals surface area contributed by atoms with Crippen LogP contribution in [-0.2, 0) is 12.8 Å². The van der Waals surface area contributed by atoms with E-state index in [0.29, 0.717) is 5.82 Å². The van der Waals surface area contributed by atoms with E-state index in [0.717, 1.165) is 29.5 Å². The Hall–Kier alpha value is -0.870. The second kappa shape index (κ2) is 5.25. The van der Waals surface area contributed by atoms with Crippen LogP contribution in [0.2, 0.25) is 0 Å². The summed E-state index contributed by atoms with van der Waals surface area (Å²) in [5, 5.41) is 0.602. The summed E-state index contributed by atoms with van der Waals surface area (Å²) in [4.78, 5) is 22.0. The number of alkyl halides is 1. The monoisotopic (exact) mass is 296 g/mol. The number of hydrogen-bond donors (Lipinski definition) is 1. The van der Waals surface area contributed by atoms with E-state index < -0.39 is 0 Å². The van der Waals surface area contributed by atoms with Gasteiger partial charge in [0.1, 0.15) is 10.7 Å². The standard InChI is InChI=1S/C14H17ClN2OS/c1-2-9(15)12-16-13(18)11-8-6-4-3-5-7-10(8)19-14(11)17-12/h9H,2-7H2,1H3,(H,16,17,18). The number of halogens is 1. The zero-order chi connectivity index (χ0) is 13.4. The van der Waals surface area contributed by atoms with E-state index in [4.69, 9.17) is 11.6 Å². The van der Waals surface area contributed by atoms with Crippen molar-refractivity contribution in [2.24, 2.45) is 0 Å². The first-order chi connectivity index (χ1) is 9.20. The Labute approximate surface area is 121 Å². The van der Waals surface area contributed by atoms with Crippen LogP contribution < -0.4 is 5.56 Å². The number of aryl methyl sites for hydroxylation is 2. The first-order valence-corrected chi connectivity index (χ1v) is 8.14. The summed E-state index contributed by atoms with van der Waals surface area (Å²) in [6.45, 7) is 1.99. The lowest BCUT2D eigenvalue weighted by atomic mass is 10.1. The van der Waals surface area contributed by atoms with Crippen LogP contribution in [0.4, 0.5) is 0 Å². The van der Waals surface area contributed by atoms with E-state index >= 15 is 0 Å². The van der Waals surface area contributed by atoms with Crippen molar-refractivity contribution >= 4 is 33.2 Å². The van der Waals surface area contributed by atoms with Crippen molar-refractivity contribution in [3.8, 4) is 0 Å². The number of fused-ring (bicyclic) bond motifs is 3. The van der Waals surface area contributed by atoms with Gasteiger partial charge in [-0.3, -0.25) is 4.79 Å². The molecule has 0 amide bonds. The molecule has 5 heteroatoms. The average molecular weight is 297 g/mol. The van der Waals surface area contributed by atoms with Crippen molar-refractivity contribution in [2.75, 3.05) is 0 Å². The van der Waals surface area contributed by atoms with Gasteiger partial charge in [0, 0.05) is 4.88 Å². The number of nitrogens with one attached hydrogen (secondary N) is 1. The van der Waals surface area contributed by atoms with Gasteiger partial charge in [0.05, 0.1) is 10.8 Å². The number of aromatic amines is 1. The maximum atomic E-state index is 12.3.